The molecule has 1 saturated carbocycles. The maximum atomic E-state index is 5.29. The van der Waals surface area contributed by atoms with Gasteiger partial charge in [0, 0.05) is 108 Å². The highest BCUT2D eigenvalue weighted by Crippen LogP contribution is 2.56. The maximum absolute atomic E-state index is 5.29. The van der Waals surface area contributed by atoms with Crippen molar-refractivity contribution in [2.24, 2.45) is 0 Å². The van der Waals surface area contributed by atoms with E-state index in [1.54, 1.807) is 41.9 Å². The van der Waals surface area contributed by atoms with Gasteiger partial charge in [-0.3, -0.25) is 0 Å². The van der Waals surface area contributed by atoms with Crippen LogP contribution in [0.2, 0.25) is 13.1 Å². The van der Waals surface area contributed by atoms with Gasteiger partial charge in [-0.05, 0) is 202 Å². The van der Waals surface area contributed by atoms with Crippen LogP contribution >= 0.6 is 70.6 Å². The first kappa shape index (κ1) is 80.0. The zero-order valence-electron chi connectivity index (χ0n) is 67.8. The van der Waals surface area contributed by atoms with Crippen LogP contribution in [0.5, 0.6) is 11.5 Å². The van der Waals surface area contributed by atoms with Crippen molar-refractivity contribution < 1.29 is 9.47 Å². The summed E-state index contributed by atoms with van der Waals surface area (Å²) in [5, 5.41) is 3.09. The number of fused-ring (bicyclic) bond motifs is 12. The number of hydrogen-bond acceptors (Lipinski definition) is 14. The van der Waals surface area contributed by atoms with Gasteiger partial charge in [0.15, 0.2) is 0 Å². The Labute approximate surface area is 693 Å². The van der Waals surface area contributed by atoms with Crippen LogP contribution < -0.4 is 49.2 Å². The third-order valence-corrected chi connectivity index (χ3v) is 32.3. The van der Waals surface area contributed by atoms with Crippen molar-refractivity contribution in [1.82, 2.24) is 0 Å². The minimum absolute atomic E-state index is 0.182. The summed E-state index contributed by atoms with van der Waals surface area (Å²) in [6.45, 7) is 20.7. The Balaban J connectivity index is 0.000000112. The van der Waals surface area contributed by atoms with Crippen LogP contribution in [0.4, 0.5) is 68.2 Å². The fourth-order valence-corrected chi connectivity index (χ4v) is 25.7. The second-order valence-corrected chi connectivity index (χ2v) is 42.7. The van der Waals surface area contributed by atoms with E-state index in [1.165, 1.54) is 159 Å². The van der Waals surface area contributed by atoms with Gasteiger partial charge in [-0.2, -0.15) is 0 Å². The number of ether oxygens (including phenoxy) is 2. The molecular formula is C97H104N6O2S6Si. The molecule has 0 radical (unpaired) electrons. The maximum Gasteiger partial charge on any atom is 0.120 e. The fraction of sp³-hybridized carbons (Fsp3) is 0.258. The highest BCUT2D eigenvalue weighted by atomic mass is 32.2. The minimum atomic E-state index is -1.52. The summed E-state index contributed by atoms with van der Waals surface area (Å²) in [4.78, 5) is 28.5. The van der Waals surface area contributed by atoms with Crippen LogP contribution in [0.3, 0.4) is 0 Å². The van der Waals surface area contributed by atoms with Crippen LogP contribution in [-0.2, 0) is 10.8 Å². The summed E-state index contributed by atoms with van der Waals surface area (Å²) in [5.74, 6) is 3.64. The average Bonchev–Trinajstić information content (AvgIpc) is 0.804. The summed E-state index contributed by atoms with van der Waals surface area (Å²) >= 11 is 11.2. The molecule has 0 N–H and O–H groups in total. The molecule has 0 amide bonds. The molecule has 19 rings (SSSR count). The number of hydrogen-bond donors (Lipinski definition) is 0. The van der Waals surface area contributed by atoms with Gasteiger partial charge in [-0.25, -0.2) is 0 Å². The number of para-hydroxylation sites is 7. The van der Waals surface area contributed by atoms with E-state index in [1.807, 2.05) is 70.9 Å². The number of thioether (sulfide) groups is 1. The molecular weight excluding hydrogens is 1500 g/mol. The van der Waals surface area contributed by atoms with Crippen molar-refractivity contribution in [1.29, 1.82) is 0 Å². The van der Waals surface area contributed by atoms with Crippen molar-refractivity contribution >= 4 is 157 Å². The lowest BCUT2D eigenvalue weighted by atomic mass is 9.86. The lowest BCUT2D eigenvalue weighted by molar-refractivity contribution is 0.413. The van der Waals surface area contributed by atoms with Crippen molar-refractivity contribution in [3.63, 3.8) is 0 Å². The zero-order valence-corrected chi connectivity index (χ0v) is 73.7. The molecule has 6 heterocycles. The van der Waals surface area contributed by atoms with Crippen LogP contribution in [0, 0.1) is 0 Å². The predicted molar refractivity (Wildman–Crippen MR) is 491 cm³/mol. The molecule has 0 atom stereocenters. The molecule has 112 heavy (non-hydrogen) atoms. The summed E-state index contributed by atoms with van der Waals surface area (Å²) in [5.41, 5.74) is 20.5. The Kier molecular flexibility index (Phi) is 24.4. The molecule has 1 fully saturated rings. The van der Waals surface area contributed by atoms with Gasteiger partial charge in [0.2, 0.25) is 0 Å². The molecule has 8 nitrogen and oxygen atoms in total. The molecule has 0 saturated heterocycles. The van der Waals surface area contributed by atoms with Crippen LogP contribution in [-0.4, -0.2) is 70.3 Å². The second-order valence-electron chi connectivity index (χ2n) is 31.6. The van der Waals surface area contributed by atoms with Gasteiger partial charge in [-0.15, -0.1) is 11.8 Å². The Morgan fingerprint density at radius 1 is 0.348 bits per heavy atom. The number of benzene rings is 12. The zero-order chi connectivity index (χ0) is 78.8. The topological polar surface area (TPSA) is 37.9 Å². The van der Waals surface area contributed by atoms with Crippen molar-refractivity contribution in [2.75, 3.05) is 91.7 Å². The molecule has 0 unspecified atom stereocenters. The quantitative estimate of drug-likeness (QED) is 0.121. The van der Waals surface area contributed by atoms with Crippen LogP contribution in [0.1, 0.15) is 96.8 Å². The van der Waals surface area contributed by atoms with E-state index in [-0.39, 0.29) is 10.8 Å². The third kappa shape index (κ3) is 16.7. The number of rotatable bonds is 5. The summed E-state index contributed by atoms with van der Waals surface area (Å²) in [6, 6.07) is 91.6. The molecule has 0 bridgehead atoms. The van der Waals surface area contributed by atoms with Crippen molar-refractivity contribution in [2.45, 2.75) is 158 Å². The summed E-state index contributed by atoms with van der Waals surface area (Å²) in [7, 11) is 14.8. The lowest BCUT2D eigenvalue weighted by Crippen LogP contribution is -2.58. The highest BCUT2D eigenvalue weighted by molar-refractivity contribution is 8.02. The first-order chi connectivity index (χ1) is 53.9. The Morgan fingerprint density at radius 3 is 1.12 bits per heavy atom. The van der Waals surface area contributed by atoms with Crippen LogP contribution in [0.15, 0.2) is 309 Å². The Bertz CT molecular complexity index is 5190. The largest absolute Gasteiger partial charge is 0.497 e. The standard InChI is InChI=1S/C21H27NS.C18H19NS.C15H15NO2S.C15H15NS2.C15H17NSi.C13H11NS/c1-20(2,3)14-8-10-16-18(12-14)23-19-13-15(21(4,5)6)9-11-17(19)22(16)7;1-19-15-10-4-5-11-16(15)20-17-12-6-9-14(18(17)19)13-7-2-3-8-13;1-16-12-6-4-10(17-2)8-14(12)19-15-9-11(18-3)5-7-13(15)16;1-3-17-14-10-6-8-12-15(14)18-13-9-5-4-7-11(13)16(12)2;1-16-12-8-4-6-10-14(12)17(2,3)15-11-7-5-9-13(15)16;1-14-10-6-2-4-8-12(10)15-13-9-5-3-7-11(13)14/h8-13H,1-7H3;4-6,9-13H,2-3,7-8H2,1H3;4-9H,1-3H3;4-10H,3H2,1-2H3;4-11H,1-3H3;2-9H,1H3. The third-order valence-electron chi connectivity index (χ3n) is 22.1. The first-order valence-corrected chi connectivity index (χ1v) is 46.9. The molecule has 12 aromatic rings. The van der Waals surface area contributed by atoms with E-state index in [0.29, 0.717) is 0 Å². The summed E-state index contributed by atoms with van der Waals surface area (Å²) in [6.07, 6.45) is 5.50. The van der Waals surface area contributed by atoms with E-state index in [0.717, 1.165) is 23.2 Å². The molecule has 0 aromatic heterocycles. The Morgan fingerprint density at radius 2 is 0.679 bits per heavy atom. The van der Waals surface area contributed by atoms with E-state index >= 15 is 0 Å². The number of methoxy groups -OCH3 is 2. The van der Waals surface area contributed by atoms with Gasteiger partial charge in [0.05, 0.1) is 71.1 Å². The highest BCUT2D eigenvalue weighted by Gasteiger charge is 2.37. The van der Waals surface area contributed by atoms with E-state index < -0.39 is 8.07 Å². The van der Waals surface area contributed by atoms with E-state index in [4.69, 9.17) is 9.47 Å². The van der Waals surface area contributed by atoms with Gasteiger partial charge < -0.3 is 38.9 Å². The first-order valence-electron chi connectivity index (χ1n) is 38.8. The molecule has 574 valence electrons. The van der Waals surface area contributed by atoms with Gasteiger partial charge in [0.25, 0.3) is 0 Å². The summed E-state index contributed by atoms with van der Waals surface area (Å²) < 4.78 is 10.6. The smallest absolute Gasteiger partial charge is 0.120 e. The molecule has 6 aliphatic heterocycles. The SMILES string of the molecule is CCSc1cccc2c1Sc1ccccc1N2C.CN1c2ccc(C(C)(C)C)cc2Sc2cc(C(C)(C)C)ccc21.CN1c2ccccc2Sc2cccc(C3CCCC3)c21.CN1c2ccccc2Sc2ccccc21.CN1c2ccccc2[Si](C)(C)c2ccccc21.COc1ccc2c(c1)Sc1cc(OC)ccc1N2C. The van der Waals surface area contributed by atoms with E-state index in [9.17, 15) is 0 Å². The second kappa shape index (κ2) is 34.2. The molecule has 15 heteroatoms. The van der Waals surface area contributed by atoms with Gasteiger partial charge >= 0.3 is 0 Å². The normalized spacial score (nSPS) is 14.7. The molecule has 12 aromatic carbocycles. The molecule has 0 spiro atoms. The fourth-order valence-electron chi connectivity index (χ4n) is 15.7. The van der Waals surface area contributed by atoms with Gasteiger partial charge in [-0.1, -0.05) is 248 Å². The van der Waals surface area contributed by atoms with E-state index in [2.05, 4.69) is 376 Å². The monoisotopic (exact) mass is 1600 g/mol. The average molecular weight is 1610 g/mol. The van der Waals surface area contributed by atoms with Crippen LogP contribution in [0.25, 0.3) is 0 Å². The molecule has 7 aliphatic rings. The van der Waals surface area contributed by atoms with Crippen molar-refractivity contribution in [3.8, 4) is 11.5 Å². The predicted octanol–water partition coefficient (Wildman–Crippen LogP) is 27.6. The minimum Gasteiger partial charge on any atom is -0.497 e. The number of nitrogens with zero attached hydrogens (tertiary/aromatic N) is 6. The van der Waals surface area contributed by atoms with Gasteiger partial charge in [0.1, 0.15) is 19.6 Å². The number of anilines is 12. The lowest BCUT2D eigenvalue weighted by Gasteiger charge is -2.39. The Hall–Kier alpha value is -8.64. The van der Waals surface area contributed by atoms with Crippen molar-refractivity contribution in [3.05, 3.63) is 271 Å². The molecule has 1 aliphatic carbocycles.